The Balaban J connectivity index is 2.32. The standard InChI is InChI=1S/C18H20O3/c1-13(19)16(11-14-7-5-4-6-8-14)15-9-10-17(20-2)18(12-15)21-3/h4-10,12,16H,11H2,1-3H3. The van der Waals surface area contributed by atoms with Gasteiger partial charge in [0, 0.05) is 5.92 Å². The molecule has 2 rings (SSSR count). The maximum Gasteiger partial charge on any atom is 0.161 e. The number of carbonyl (C=O) groups is 1. The predicted molar refractivity (Wildman–Crippen MR) is 83.1 cm³/mol. The summed E-state index contributed by atoms with van der Waals surface area (Å²) in [4.78, 5) is 12.0. The normalized spacial score (nSPS) is 11.8. The van der Waals surface area contributed by atoms with Crippen LogP contribution in [0.4, 0.5) is 0 Å². The molecule has 0 saturated heterocycles. The van der Waals surface area contributed by atoms with Crippen LogP contribution in [0, 0.1) is 0 Å². The molecule has 0 radical (unpaired) electrons. The minimum Gasteiger partial charge on any atom is -0.493 e. The summed E-state index contributed by atoms with van der Waals surface area (Å²) in [5, 5.41) is 0. The lowest BCUT2D eigenvalue weighted by Gasteiger charge is -2.16. The van der Waals surface area contributed by atoms with Crippen LogP contribution in [0.5, 0.6) is 11.5 Å². The molecular formula is C18H20O3. The number of ether oxygens (including phenoxy) is 2. The molecule has 0 saturated carbocycles. The van der Waals surface area contributed by atoms with Crippen molar-refractivity contribution in [3.63, 3.8) is 0 Å². The molecule has 0 aliphatic rings. The van der Waals surface area contributed by atoms with Gasteiger partial charge in [-0.1, -0.05) is 36.4 Å². The molecule has 21 heavy (non-hydrogen) atoms. The lowest BCUT2D eigenvalue weighted by atomic mass is 9.89. The number of rotatable bonds is 6. The summed E-state index contributed by atoms with van der Waals surface area (Å²) in [6, 6.07) is 15.7. The summed E-state index contributed by atoms with van der Waals surface area (Å²) in [5.41, 5.74) is 2.09. The molecule has 0 heterocycles. The summed E-state index contributed by atoms with van der Waals surface area (Å²) in [7, 11) is 3.20. The van der Waals surface area contributed by atoms with Crippen LogP contribution < -0.4 is 9.47 Å². The first-order valence-corrected chi connectivity index (χ1v) is 6.92. The fourth-order valence-corrected chi connectivity index (χ4v) is 2.42. The zero-order chi connectivity index (χ0) is 15.2. The highest BCUT2D eigenvalue weighted by molar-refractivity contribution is 5.84. The fraction of sp³-hybridized carbons (Fsp3) is 0.278. The Morgan fingerprint density at radius 3 is 2.24 bits per heavy atom. The molecule has 110 valence electrons. The van der Waals surface area contributed by atoms with Crippen LogP contribution in [0.25, 0.3) is 0 Å². The topological polar surface area (TPSA) is 35.5 Å². The smallest absolute Gasteiger partial charge is 0.161 e. The number of carbonyl (C=O) groups excluding carboxylic acids is 1. The summed E-state index contributed by atoms with van der Waals surface area (Å²) in [6.07, 6.45) is 0.686. The first kappa shape index (κ1) is 15.1. The number of Topliss-reactive ketones (excluding diaryl/α,β-unsaturated/α-hetero) is 1. The van der Waals surface area contributed by atoms with Crippen LogP contribution in [-0.4, -0.2) is 20.0 Å². The third-order valence-electron chi connectivity index (χ3n) is 3.58. The monoisotopic (exact) mass is 284 g/mol. The van der Waals surface area contributed by atoms with Crippen molar-refractivity contribution in [3.05, 3.63) is 59.7 Å². The second-order valence-corrected chi connectivity index (χ2v) is 4.97. The van der Waals surface area contributed by atoms with E-state index in [4.69, 9.17) is 9.47 Å². The Bertz CT molecular complexity index is 605. The van der Waals surface area contributed by atoms with Crippen molar-refractivity contribution < 1.29 is 14.3 Å². The Hall–Kier alpha value is -2.29. The van der Waals surface area contributed by atoms with E-state index in [1.54, 1.807) is 21.1 Å². The molecule has 0 amide bonds. The number of hydrogen-bond donors (Lipinski definition) is 0. The van der Waals surface area contributed by atoms with Gasteiger partial charge in [-0.2, -0.15) is 0 Å². The van der Waals surface area contributed by atoms with E-state index < -0.39 is 0 Å². The molecule has 0 fully saturated rings. The van der Waals surface area contributed by atoms with Gasteiger partial charge in [-0.3, -0.25) is 4.79 Å². The zero-order valence-corrected chi connectivity index (χ0v) is 12.6. The number of benzene rings is 2. The van der Waals surface area contributed by atoms with Crippen molar-refractivity contribution in [2.75, 3.05) is 14.2 Å². The summed E-state index contributed by atoms with van der Waals surface area (Å²) < 4.78 is 10.6. The summed E-state index contributed by atoms with van der Waals surface area (Å²) >= 11 is 0. The molecule has 1 atom stereocenters. The quantitative estimate of drug-likeness (QED) is 0.812. The second kappa shape index (κ2) is 6.93. The highest BCUT2D eigenvalue weighted by atomic mass is 16.5. The van der Waals surface area contributed by atoms with E-state index >= 15 is 0 Å². The van der Waals surface area contributed by atoms with Gasteiger partial charge in [0.1, 0.15) is 5.78 Å². The van der Waals surface area contributed by atoms with Crippen LogP contribution in [0.3, 0.4) is 0 Å². The average molecular weight is 284 g/mol. The van der Waals surface area contributed by atoms with Crippen molar-refractivity contribution in [2.45, 2.75) is 19.3 Å². The lowest BCUT2D eigenvalue weighted by molar-refractivity contribution is -0.118. The van der Waals surface area contributed by atoms with E-state index in [0.717, 1.165) is 11.1 Å². The molecule has 2 aromatic carbocycles. The van der Waals surface area contributed by atoms with Gasteiger partial charge in [-0.05, 0) is 36.6 Å². The maximum absolute atomic E-state index is 12.0. The minimum atomic E-state index is -0.174. The van der Waals surface area contributed by atoms with Crippen molar-refractivity contribution in [1.82, 2.24) is 0 Å². The number of methoxy groups -OCH3 is 2. The Morgan fingerprint density at radius 1 is 1.00 bits per heavy atom. The lowest BCUT2D eigenvalue weighted by Crippen LogP contribution is -2.12. The van der Waals surface area contributed by atoms with Gasteiger partial charge in [0.15, 0.2) is 11.5 Å². The van der Waals surface area contributed by atoms with Gasteiger partial charge in [0.25, 0.3) is 0 Å². The molecule has 0 aliphatic carbocycles. The third-order valence-corrected chi connectivity index (χ3v) is 3.58. The van der Waals surface area contributed by atoms with E-state index in [9.17, 15) is 4.79 Å². The highest BCUT2D eigenvalue weighted by Gasteiger charge is 2.19. The molecular weight excluding hydrogens is 264 g/mol. The molecule has 0 aliphatic heterocycles. The average Bonchev–Trinajstić information content (AvgIpc) is 2.52. The summed E-state index contributed by atoms with van der Waals surface area (Å²) in [5.74, 6) is 1.29. The van der Waals surface area contributed by atoms with Crippen molar-refractivity contribution in [1.29, 1.82) is 0 Å². The van der Waals surface area contributed by atoms with Crippen molar-refractivity contribution in [3.8, 4) is 11.5 Å². The minimum absolute atomic E-state index is 0.145. The predicted octanol–water partition coefficient (Wildman–Crippen LogP) is 3.62. The van der Waals surface area contributed by atoms with Crippen molar-refractivity contribution >= 4 is 5.78 Å². The van der Waals surface area contributed by atoms with Gasteiger partial charge < -0.3 is 9.47 Å². The Labute approximate surface area is 125 Å². The molecule has 3 nitrogen and oxygen atoms in total. The van der Waals surface area contributed by atoms with E-state index in [-0.39, 0.29) is 11.7 Å². The first-order chi connectivity index (χ1) is 10.2. The third kappa shape index (κ3) is 3.63. The molecule has 3 heteroatoms. The molecule has 0 spiro atoms. The van der Waals surface area contributed by atoms with Gasteiger partial charge in [0.2, 0.25) is 0 Å². The molecule has 0 bridgehead atoms. The molecule has 1 unspecified atom stereocenters. The van der Waals surface area contributed by atoms with E-state index in [1.807, 2.05) is 48.5 Å². The number of hydrogen-bond acceptors (Lipinski definition) is 3. The Morgan fingerprint density at radius 2 is 1.67 bits per heavy atom. The van der Waals surface area contributed by atoms with Gasteiger partial charge in [0.05, 0.1) is 14.2 Å². The van der Waals surface area contributed by atoms with Crippen LogP contribution in [-0.2, 0) is 11.2 Å². The van der Waals surface area contributed by atoms with E-state index in [1.165, 1.54) is 0 Å². The molecule has 2 aromatic rings. The maximum atomic E-state index is 12.0. The van der Waals surface area contributed by atoms with Crippen LogP contribution >= 0.6 is 0 Å². The first-order valence-electron chi connectivity index (χ1n) is 6.92. The molecule has 0 aromatic heterocycles. The van der Waals surface area contributed by atoms with Crippen molar-refractivity contribution in [2.24, 2.45) is 0 Å². The highest BCUT2D eigenvalue weighted by Crippen LogP contribution is 2.32. The van der Waals surface area contributed by atoms with E-state index in [2.05, 4.69) is 0 Å². The second-order valence-electron chi connectivity index (χ2n) is 4.97. The fourth-order valence-electron chi connectivity index (χ4n) is 2.42. The summed E-state index contributed by atoms with van der Waals surface area (Å²) in [6.45, 7) is 1.63. The zero-order valence-electron chi connectivity index (χ0n) is 12.6. The van der Waals surface area contributed by atoms with Gasteiger partial charge in [-0.15, -0.1) is 0 Å². The largest absolute Gasteiger partial charge is 0.493 e. The Kier molecular flexibility index (Phi) is 4.99. The van der Waals surface area contributed by atoms with Crippen LogP contribution in [0.15, 0.2) is 48.5 Å². The van der Waals surface area contributed by atoms with Crippen LogP contribution in [0.1, 0.15) is 24.0 Å². The van der Waals surface area contributed by atoms with Gasteiger partial charge >= 0.3 is 0 Å². The van der Waals surface area contributed by atoms with Crippen LogP contribution in [0.2, 0.25) is 0 Å². The van der Waals surface area contributed by atoms with E-state index in [0.29, 0.717) is 17.9 Å². The molecule has 0 N–H and O–H groups in total. The van der Waals surface area contributed by atoms with Gasteiger partial charge in [-0.25, -0.2) is 0 Å². The SMILES string of the molecule is COc1ccc(C(Cc2ccccc2)C(C)=O)cc1OC. The number of ketones is 1.